The van der Waals surface area contributed by atoms with Crippen LogP contribution in [0.3, 0.4) is 0 Å². The van der Waals surface area contributed by atoms with E-state index in [1.807, 2.05) is 24.3 Å². The number of carbonyl (C=O) groups is 2. The van der Waals surface area contributed by atoms with Crippen molar-refractivity contribution in [3.05, 3.63) is 34.7 Å². The predicted molar refractivity (Wildman–Crippen MR) is 84.2 cm³/mol. The van der Waals surface area contributed by atoms with Crippen molar-refractivity contribution in [2.24, 2.45) is 5.92 Å². The van der Waals surface area contributed by atoms with Crippen molar-refractivity contribution >= 4 is 33.3 Å². The second-order valence-electron chi connectivity index (χ2n) is 5.32. The Kier molecular flexibility index (Phi) is 4.40. The number of hydrogen-bond acceptors (Lipinski definition) is 4. The molecule has 1 aromatic heterocycles. The third kappa shape index (κ3) is 2.98. The molecule has 1 amide bonds. The molecule has 0 bridgehead atoms. The summed E-state index contributed by atoms with van der Waals surface area (Å²) in [5.41, 5.74) is 0.688. The van der Waals surface area contributed by atoms with Gasteiger partial charge in [-0.3, -0.25) is 4.79 Å². The van der Waals surface area contributed by atoms with Gasteiger partial charge in [0.2, 0.25) is 5.91 Å². The topological polar surface area (TPSA) is 75.6 Å². The number of aromatic carboxylic acids is 1. The summed E-state index contributed by atoms with van der Waals surface area (Å²) >= 11 is 1.25. The molecule has 0 aliphatic carbocycles. The number of nitrogens with one attached hydrogen (secondary N) is 1. The maximum Gasteiger partial charge on any atom is 0.346 e. The molecule has 0 radical (unpaired) electrons. The number of rotatable bonds is 4. The molecule has 22 heavy (non-hydrogen) atoms. The molecule has 0 saturated carbocycles. The predicted octanol–water partition coefficient (Wildman–Crippen LogP) is 2.64. The highest BCUT2D eigenvalue weighted by atomic mass is 32.1. The quantitative estimate of drug-likeness (QED) is 0.908. The lowest BCUT2D eigenvalue weighted by atomic mass is 9.99. The number of thiophene rings is 1. The minimum atomic E-state index is -0.948. The summed E-state index contributed by atoms with van der Waals surface area (Å²) in [6.45, 7) is 1.47. The van der Waals surface area contributed by atoms with Crippen LogP contribution in [0.15, 0.2) is 24.3 Å². The van der Waals surface area contributed by atoms with Crippen molar-refractivity contribution in [2.45, 2.75) is 19.4 Å². The van der Waals surface area contributed by atoms with Gasteiger partial charge >= 0.3 is 5.97 Å². The van der Waals surface area contributed by atoms with E-state index in [2.05, 4.69) is 5.32 Å². The lowest BCUT2D eigenvalue weighted by molar-refractivity contribution is -0.128. The minimum Gasteiger partial charge on any atom is -0.477 e. The van der Waals surface area contributed by atoms with Crippen molar-refractivity contribution in [2.75, 3.05) is 13.2 Å². The average molecular weight is 319 g/mol. The molecule has 2 N–H and O–H groups in total. The van der Waals surface area contributed by atoms with Gasteiger partial charge in [0.15, 0.2) is 0 Å². The molecule has 5 nitrogen and oxygen atoms in total. The van der Waals surface area contributed by atoms with Crippen molar-refractivity contribution in [1.29, 1.82) is 0 Å². The standard InChI is InChI=1S/C16H17NO4S/c18-15(10-5-7-21-8-6-10)17-9-12-11-3-1-2-4-13(11)22-14(12)16(19)20/h1-4,10H,5-9H2,(H,17,18)(H,19,20). The number of carboxylic acids is 1. The molecular formula is C16H17NO4S. The highest BCUT2D eigenvalue weighted by molar-refractivity contribution is 7.21. The zero-order valence-electron chi connectivity index (χ0n) is 12.0. The lowest BCUT2D eigenvalue weighted by Crippen LogP contribution is -2.34. The Labute approximate surface area is 131 Å². The molecule has 3 rings (SSSR count). The molecule has 0 spiro atoms. The Morgan fingerprint density at radius 2 is 2.00 bits per heavy atom. The van der Waals surface area contributed by atoms with Crippen LogP contribution in [0.25, 0.3) is 10.1 Å². The number of hydrogen-bond donors (Lipinski definition) is 2. The van der Waals surface area contributed by atoms with E-state index in [1.165, 1.54) is 11.3 Å². The first kappa shape index (κ1) is 15.0. The van der Waals surface area contributed by atoms with Gasteiger partial charge in [-0.25, -0.2) is 4.79 Å². The number of carboxylic acid groups (broad SMARTS) is 1. The van der Waals surface area contributed by atoms with Crippen LogP contribution in [0.4, 0.5) is 0 Å². The van der Waals surface area contributed by atoms with Crippen molar-refractivity contribution in [3.63, 3.8) is 0 Å². The van der Waals surface area contributed by atoms with Crippen molar-refractivity contribution in [1.82, 2.24) is 5.32 Å². The Morgan fingerprint density at radius 3 is 2.73 bits per heavy atom. The van der Waals surface area contributed by atoms with Crippen LogP contribution in [0.5, 0.6) is 0 Å². The number of carbonyl (C=O) groups excluding carboxylic acids is 1. The van der Waals surface area contributed by atoms with Crippen LogP contribution in [-0.4, -0.2) is 30.2 Å². The molecule has 1 fully saturated rings. The highest BCUT2D eigenvalue weighted by Crippen LogP contribution is 2.31. The van der Waals surface area contributed by atoms with Crippen LogP contribution in [0.2, 0.25) is 0 Å². The van der Waals surface area contributed by atoms with Crippen LogP contribution in [0.1, 0.15) is 28.1 Å². The molecule has 0 atom stereocenters. The van der Waals surface area contributed by atoms with E-state index in [4.69, 9.17) is 4.74 Å². The van der Waals surface area contributed by atoms with Crippen molar-refractivity contribution < 1.29 is 19.4 Å². The normalized spacial score (nSPS) is 15.8. The number of benzene rings is 1. The molecule has 116 valence electrons. The number of amides is 1. The molecule has 1 aliphatic rings. The summed E-state index contributed by atoms with van der Waals surface area (Å²) in [6, 6.07) is 7.56. The van der Waals surface area contributed by atoms with Gasteiger partial charge in [0.05, 0.1) is 0 Å². The SMILES string of the molecule is O=C(O)c1sc2ccccc2c1CNC(=O)C1CCOCC1. The van der Waals surface area contributed by atoms with Crippen LogP contribution in [-0.2, 0) is 16.1 Å². The van der Waals surface area contributed by atoms with E-state index >= 15 is 0 Å². The zero-order chi connectivity index (χ0) is 15.5. The van der Waals surface area contributed by atoms with Gasteiger partial charge < -0.3 is 15.2 Å². The van der Waals surface area contributed by atoms with Gasteiger partial charge in [0, 0.05) is 35.9 Å². The smallest absolute Gasteiger partial charge is 0.346 e. The third-order valence-corrected chi connectivity index (χ3v) is 5.13. The Hall–Kier alpha value is -1.92. The van der Waals surface area contributed by atoms with Gasteiger partial charge in [-0.2, -0.15) is 0 Å². The molecule has 1 saturated heterocycles. The molecule has 2 heterocycles. The van der Waals surface area contributed by atoms with Gasteiger partial charge in [-0.05, 0) is 24.3 Å². The van der Waals surface area contributed by atoms with Crippen molar-refractivity contribution in [3.8, 4) is 0 Å². The number of fused-ring (bicyclic) bond motifs is 1. The molecule has 1 aromatic carbocycles. The zero-order valence-corrected chi connectivity index (χ0v) is 12.8. The maximum absolute atomic E-state index is 12.2. The first-order valence-corrected chi connectivity index (χ1v) is 8.07. The fourth-order valence-electron chi connectivity index (χ4n) is 2.73. The van der Waals surface area contributed by atoms with Gasteiger partial charge in [-0.1, -0.05) is 18.2 Å². The lowest BCUT2D eigenvalue weighted by Gasteiger charge is -2.21. The molecular weight excluding hydrogens is 302 g/mol. The van der Waals surface area contributed by atoms with Crippen LogP contribution >= 0.6 is 11.3 Å². The molecule has 0 unspecified atom stereocenters. The summed E-state index contributed by atoms with van der Waals surface area (Å²) in [5.74, 6) is -1.00. The molecule has 6 heteroatoms. The van der Waals surface area contributed by atoms with E-state index in [1.54, 1.807) is 0 Å². The summed E-state index contributed by atoms with van der Waals surface area (Å²) in [7, 11) is 0. The summed E-state index contributed by atoms with van der Waals surface area (Å²) in [4.78, 5) is 23.9. The summed E-state index contributed by atoms with van der Waals surface area (Å²) in [5, 5.41) is 13.2. The van der Waals surface area contributed by atoms with Gasteiger partial charge in [0.25, 0.3) is 0 Å². The Bertz CT molecular complexity index is 703. The number of ether oxygens (including phenoxy) is 1. The first-order chi connectivity index (χ1) is 10.7. The Balaban J connectivity index is 1.79. The Morgan fingerprint density at radius 1 is 1.27 bits per heavy atom. The maximum atomic E-state index is 12.2. The fraction of sp³-hybridized carbons (Fsp3) is 0.375. The monoisotopic (exact) mass is 319 g/mol. The largest absolute Gasteiger partial charge is 0.477 e. The van der Waals surface area contributed by atoms with E-state index < -0.39 is 5.97 Å². The first-order valence-electron chi connectivity index (χ1n) is 7.26. The summed E-state index contributed by atoms with van der Waals surface area (Å²) in [6.07, 6.45) is 1.45. The van der Waals surface area contributed by atoms with E-state index in [-0.39, 0.29) is 18.4 Å². The molecule has 2 aromatic rings. The van der Waals surface area contributed by atoms with Gasteiger partial charge in [0.1, 0.15) is 4.88 Å². The second kappa shape index (κ2) is 6.46. The fourth-order valence-corrected chi connectivity index (χ4v) is 3.79. The van der Waals surface area contributed by atoms with Crippen LogP contribution < -0.4 is 5.32 Å². The third-order valence-electron chi connectivity index (χ3n) is 3.92. The van der Waals surface area contributed by atoms with Gasteiger partial charge in [-0.15, -0.1) is 11.3 Å². The van der Waals surface area contributed by atoms with E-state index in [9.17, 15) is 14.7 Å². The minimum absolute atomic E-state index is 0.0186. The average Bonchev–Trinajstić information content (AvgIpc) is 2.92. The molecule has 1 aliphatic heterocycles. The highest BCUT2D eigenvalue weighted by Gasteiger charge is 2.23. The second-order valence-corrected chi connectivity index (χ2v) is 6.37. The summed E-state index contributed by atoms with van der Waals surface area (Å²) < 4.78 is 6.18. The van der Waals surface area contributed by atoms with Crippen LogP contribution in [0, 0.1) is 5.92 Å². The van der Waals surface area contributed by atoms with E-state index in [0.717, 1.165) is 22.9 Å². The van der Waals surface area contributed by atoms with E-state index in [0.29, 0.717) is 23.7 Å².